The van der Waals surface area contributed by atoms with Crippen LogP contribution in [0, 0.1) is 0 Å². The summed E-state index contributed by atoms with van der Waals surface area (Å²) in [4.78, 5) is 10.8. The van der Waals surface area contributed by atoms with Gasteiger partial charge >= 0.3 is 5.97 Å². The second-order valence-electron chi connectivity index (χ2n) is 2.52. The molecular formula is C9H18NO2P. The third-order valence-corrected chi connectivity index (χ3v) is 2.54. The molecule has 1 N–H and O–H groups in total. The van der Waals surface area contributed by atoms with E-state index in [1.807, 2.05) is 7.05 Å². The third kappa shape index (κ3) is 9.51. The van der Waals surface area contributed by atoms with E-state index in [1.165, 1.54) is 6.08 Å². The number of hydrogen-bond donors (Lipinski definition) is 1. The van der Waals surface area contributed by atoms with Crippen LogP contribution in [-0.4, -0.2) is 38.5 Å². The maximum absolute atomic E-state index is 10.8. The lowest BCUT2D eigenvalue weighted by Crippen LogP contribution is -2.10. The van der Waals surface area contributed by atoms with Gasteiger partial charge < -0.3 is 10.1 Å². The maximum Gasteiger partial charge on any atom is 0.330 e. The average molecular weight is 203 g/mol. The van der Waals surface area contributed by atoms with Crippen LogP contribution in [0.25, 0.3) is 0 Å². The molecule has 4 heteroatoms. The number of nitrogens with one attached hydrogen (secondary N) is 1. The number of rotatable bonds is 7. The summed E-state index contributed by atoms with van der Waals surface area (Å²) in [5, 5.41) is 3.08. The summed E-state index contributed by atoms with van der Waals surface area (Å²) >= 11 is 0. The van der Waals surface area contributed by atoms with Crippen molar-refractivity contribution in [3.8, 4) is 0 Å². The lowest BCUT2D eigenvalue weighted by Gasteiger charge is -2.01. The summed E-state index contributed by atoms with van der Waals surface area (Å²) in [7, 11) is 2.82. The zero-order valence-electron chi connectivity index (χ0n) is 8.30. The predicted octanol–water partition coefficient (Wildman–Crippen LogP) is 1.00. The number of esters is 1. The Morgan fingerprint density at radius 2 is 2.31 bits per heavy atom. The van der Waals surface area contributed by atoms with E-state index in [0.717, 1.165) is 27.4 Å². The van der Waals surface area contributed by atoms with E-state index in [1.54, 1.807) is 13.0 Å². The second-order valence-corrected chi connectivity index (χ2v) is 4.02. The number of carbonyl (C=O) groups is 1. The van der Waals surface area contributed by atoms with E-state index in [4.69, 9.17) is 4.74 Å². The highest BCUT2D eigenvalue weighted by Crippen LogP contribution is 2.06. The molecular weight excluding hydrogens is 185 g/mol. The summed E-state index contributed by atoms with van der Waals surface area (Å²) in [6.45, 7) is 3.39. The Kier molecular flexibility index (Phi) is 9.39. The van der Waals surface area contributed by atoms with E-state index in [-0.39, 0.29) is 5.97 Å². The molecule has 0 aromatic heterocycles. The fraction of sp³-hybridized carbons (Fsp3) is 0.667. The van der Waals surface area contributed by atoms with Crippen LogP contribution in [0.3, 0.4) is 0 Å². The molecule has 0 rings (SSSR count). The number of hydrogen-bond acceptors (Lipinski definition) is 3. The molecule has 1 unspecified atom stereocenters. The quantitative estimate of drug-likeness (QED) is 0.290. The van der Waals surface area contributed by atoms with Gasteiger partial charge in [-0.2, -0.15) is 0 Å². The van der Waals surface area contributed by atoms with Crippen molar-refractivity contribution in [1.29, 1.82) is 0 Å². The van der Waals surface area contributed by atoms with Crippen LogP contribution < -0.4 is 5.32 Å². The first-order valence-corrected chi connectivity index (χ1v) is 5.87. The molecule has 0 aliphatic rings. The van der Waals surface area contributed by atoms with Crippen LogP contribution in [0.5, 0.6) is 0 Å². The Balaban J connectivity index is 3.11. The fourth-order valence-electron chi connectivity index (χ4n) is 0.746. The van der Waals surface area contributed by atoms with Crippen LogP contribution in [0.15, 0.2) is 12.2 Å². The summed E-state index contributed by atoms with van der Waals surface area (Å²) < 4.78 is 4.92. The van der Waals surface area contributed by atoms with Crippen molar-refractivity contribution in [1.82, 2.24) is 5.32 Å². The van der Waals surface area contributed by atoms with Crippen molar-refractivity contribution in [2.45, 2.75) is 6.92 Å². The average Bonchev–Trinajstić information content (AvgIpc) is 2.11. The minimum absolute atomic E-state index is 0.235. The lowest BCUT2D eigenvalue weighted by molar-refractivity contribution is -0.137. The second kappa shape index (κ2) is 9.69. The van der Waals surface area contributed by atoms with Gasteiger partial charge in [0.2, 0.25) is 0 Å². The molecule has 1 atom stereocenters. The van der Waals surface area contributed by atoms with Crippen molar-refractivity contribution < 1.29 is 9.53 Å². The van der Waals surface area contributed by atoms with Gasteiger partial charge in [0, 0.05) is 6.08 Å². The van der Waals surface area contributed by atoms with Gasteiger partial charge in [0.15, 0.2) is 0 Å². The van der Waals surface area contributed by atoms with E-state index in [0.29, 0.717) is 6.61 Å². The van der Waals surface area contributed by atoms with Crippen molar-refractivity contribution in [2.24, 2.45) is 0 Å². The van der Waals surface area contributed by atoms with Crippen LogP contribution in [0.1, 0.15) is 6.92 Å². The number of carbonyl (C=O) groups excluding carboxylic acids is 1. The topological polar surface area (TPSA) is 38.3 Å². The molecule has 3 nitrogen and oxygen atoms in total. The fourth-order valence-corrected chi connectivity index (χ4v) is 1.67. The van der Waals surface area contributed by atoms with Gasteiger partial charge in [-0.25, -0.2) is 4.79 Å². The predicted molar refractivity (Wildman–Crippen MR) is 57.7 cm³/mol. The molecule has 13 heavy (non-hydrogen) atoms. The molecule has 0 saturated heterocycles. The third-order valence-electron chi connectivity index (χ3n) is 1.38. The van der Waals surface area contributed by atoms with E-state index < -0.39 is 0 Å². The van der Waals surface area contributed by atoms with Crippen molar-refractivity contribution >= 4 is 14.6 Å². The first-order valence-electron chi connectivity index (χ1n) is 4.46. The molecule has 76 valence electrons. The van der Waals surface area contributed by atoms with Crippen LogP contribution in [0.4, 0.5) is 0 Å². The van der Waals surface area contributed by atoms with E-state index >= 15 is 0 Å². The van der Waals surface area contributed by atoms with Gasteiger partial charge in [0.25, 0.3) is 0 Å². The van der Waals surface area contributed by atoms with Gasteiger partial charge in [-0.1, -0.05) is 6.08 Å². The molecule has 0 saturated carbocycles. The Labute approximate surface area is 81.7 Å². The van der Waals surface area contributed by atoms with Crippen molar-refractivity contribution in [3.05, 3.63) is 12.2 Å². The summed E-state index contributed by atoms with van der Waals surface area (Å²) in [6, 6.07) is 0. The number of ether oxygens (including phenoxy) is 1. The molecule has 0 bridgehead atoms. The Morgan fingerprint density at radius 3 is 2.92 bits per heavy atom. The molecule has 0 aromatic carbocycles. The normalized spacial score (nSPS) is 11.5. The SMILES string of the molecule is CC=CC(=O)OCCPCCNC. The van der Waals surface area contributed by atoms with Gasteiger partial charge in [-0.15, -0.1) is 8.58 Å². The van der Waals surface area contributed by atoms with Gasteiger partial charge in [-0.05, 0) is 32.8 Å². The van der Waals surface area contributed by atoms with Gasteiger partial charge in [0.1, 0.15) is 0 Å². The minimum Gasteiger partial charge on any atom is -0.462 e. The van der Waals surface area contributed by atoms with Crippen LogP contribution in [-0.2, 0) is 9.53 Å². The first kappa shape index (κ1) is 12.6. The molecule has 0 aromatic rings. The zero-order chi connectivity index (χ0) is 9.94. The Bertz CT molecular complexity index is 160. The highest BCUT2D eigenvalue weighted by molar-refractivity contribution is 7.38. The minimum atomic E-state index is -0.235. The van der Waals surface area contributed by atoms with Gasteiger partial charge in [0.05, 0.1) is 6.61 Å². The highest BCUT2D eigenvalue weighted by Gasteiger charge is 1.94. The Morgan fingerprint density at radius 1 is 1.54 bits per heavy atom. The Hall–Kier alpha value is -0.400. The van der Waals surface area contributed by atoms with Crippen LogP contribution >= 0.6 is 8.58 Å². The monoisotopic (exact) mass is 203 g/mol. The molecule has 0 amide bonds. The summed E-state index contributed by atoms with van der Waals surface area (Å²) in [5.41, 5.74) is 0. The molecule has 0 aliphatic carbocycles. The number of allylic oxidation sites excluding steroid dienone is 1. The first-order chi connectivity index (χ1) is 6.31. The largest absolute Gasteiger partial charge is 0.462 e. The van der Waals surface area contributed by atoms with E-state index in [9.17, 15) is 4.79 Å². The van der Waals surface area contributed by atoms with Gasteiger partial charge in [-0.3, -0.25) is 0 Å². The van der Waals surface area contributed by atoms with Crippen molar-refractivity contribution in [3.63, 3.8) is 0 Å². The van der Waals surface area contributed by atoms with Crippen molar-refractivity contribution in [2.75, 3.05) is 32.5 Å². The van der Waals surface area contributed by atoms with Crippen LogP contribution in [0.2, 0.25) is 0 Å². The smallest absolute Gasteiger partial charge is 0.330 e. The lowest BCUT2D eigenvalue weighted by atomic mass is 10.5. The highest BCUT2D eigenvalue weighted by atomic mass is 31.1. The molecule has 0 radical (unpaired) electrons. The summed E-state index contributed by atoms with van der Waals surface area (Å²) in [5.74, 6) is -0.235. The van der Waals surface area contributed by atoms with E-state index in [2.05, 4.69) is 5.32 Å². The molecule has 0 fully saturated rings. The zero-order valence-corrected chi connectivity index (χ0v) is 9.30. The molecule has 0 heterocycles. The maximum atomic E-state index is 10.8. The molecule has 0 aliphatic heterocycles. The molecule has 0 spiro atoms. The summed E-state index contributed by atoms with van der Waals surface area (Å²) in [6.07, 6.45) is 5.27. The standard InChI is InChI=1S/C9H18NO2P/c1-3-4-9(11)12-6-8-13-7-5-10-2/h3-4,10,13H,5-8H2,1-2H3.